The molecule has 1 rings (SSSR count). The van der Waals surface area contributed by atoms with E-state index in [1.165, 1.54) is 5.92 Å². The van der Waals surface area contributed by atoms with E-state index >= 15 is 0 Å². The van der Waals surface area contributed by atoms with Crippen molar-refractivity contribution in [2.75, 3.05) is 13.2 Å². The topological polar surface area (TPSA) is 35.5 Å². The van der Waals surface area contributed by atoms with Crippen molar-refractivity contribution in [1.29, 1.82) is 0 Å². The van der Waals surface area contributed by atoms with Crippen molar-refractivity contribution in [3.8, 4) is 0 Å². The lowest BCUT2D eigenvalue weighted by Crippen LogP contribution is -2.25. The van der Waals surface area contributed by atoms with Gasteiger partial charge in [-0.15, -0.1) is 0 Å². The maximum Gasteiger partial charge on any atom is 0.306 e. The van der Waals surface area contributed by atoms with Crippen LogP contribution in [-0.4, -0.2) is 25.3 Å². The second-order valence-electron chi connectivity index (χ2n) is 3.59. The first kappa shape index (κ1) is 11.5. The van der Waals surface area contributed by atoms with Crippen LogP contribution in [-0.2, 0) is 14.3 Å². The minimum atomic E-state index is -0.0979. The molecule has 1 saturated heterocycles. The first-order valence-electron chi connectivity index (χ1n) is 5.37. The van der Waals surface area contributed by atoms with Gasteiger partial charge in [0, 0.05) is 6.61 Å². The molecular formula is C11H19O3. The van der Waals surface area contributed by atoms with Crippen LogP contribution in [0.1, 0.15) is 39.5 Å². The molecule has 81 valence electrons. The first-order valence-corrected chi connectivity index (χ1v) is 5.37. The average molecular weight is 199 g/mol. The Morgan fingerprint density at radius 3 is 3.00 bits per heavy atom. The molecule has 14 heavy (non-hydrogen) atoms. The van der Waals surface area contributed by atoms with Gasteiger partial charge in [0.1, 0.15) is 0 Å². The molecule has 1 unspecified atom stereocenters. The van der Waals surface area contributed by atoms with Gasteiger partial charge >= 0.3 is 5.97 Å². The molecule has 0 saturated carbocycles. The standard InChI is InChI=1S/C11H19O3/c1-3-10-7-9(5-6-14-10)8-11(12)13-4-2/h10H,3-8H2,1-2H3. The highest BCUT2D eigenvalue weighted by atomic mass is 16.5. The van der Waals surface area contributed by atoms with Crippen LogP contribution in [0.25, 0.3) is 0 Å². The van der Waals surface area contributed by atoms with E-state index in [2.05, 4.69) is 6.92 Å². The Kier molecular flexibility index (Phi) is 4.94. The Morgan fingerprint density at radius 1 is 1.57 bits per heavy atom. The zero-order valence-electron chi connectivity index (χ0n) is 9.04. The fourth-order valence-corrected chi connectivity index (χ4v) is 1.69. The summed E-state index contributed by atoms with van der Waals surface area (Å²) in [6.45, 7) is 5.17. The normalized spacial score (nSPS) is 23.4. The van der Waals surface area contributed by atoms with Gasteiger partial charge in [0.25, 0.3) is 0 Å². The van der Waals surface area contributed by atoms with E-state index in [0.29, 0.717) is 19.1 Å². The number of carbonyl (C=O) groups is 1. The second kappa shape index (κ2) is 6.02. The van der Waals surface area contributed by atoms with E-state index in [1.54, 1.807) is 0 Å². The molecule has 1 atom stereocenters. The highest BCUT2D eigenvalue weighted by Crippen LogP contribution is 2.26. The van der Waals surface area contributed by atoms with Crippen LogP contribution < -0.4 is 0 Å². The third-order valence-electron chi connectivity index (χ3n) is 2.48. The van der Waals surface area contributed by atoms with Crippen molar-refractivity contribution in [3.05, 3.63) is 5.92 Å². The van der Waals surface area contributed by atoms with Crippen LogP contribution in [0.3, 0.4) is 0 Å². The summed E-state index contributed by atoms with van der Waals surface area (Å²) in [4.78, 5) is 11.2. The van der Waals surface area contributed by atoms with Crippen LogP contribution in [0, 0.1) is 5.92 Å². The van der Waals surface area contributed by atoms with Gasteiger partial charge in [0.05, 0.1) is 19.1 Å². The predicted octanol–water partition coefficient (Wildman–Crippen LogP) is 2.10. The van der Waals surface area contributed by atoms with Crippen molar-refractivity contribution < 1.29 is 14.3 Å². The molecule has 0 aromatic heterocycles. The number of esters is 1. The molecule has 0 bridgehead atoms. The Bertz CT molecular complexity index is 179. The van der Waals surface area contributed by atoms with Gasteiger partial charge in [0.2, 0.25) is 0 Å². The van der Waals surface area contributed by atoms with E-state index in [1.807, 2.05) is 6.92 Å². The maximum absolute atomic E-state index is 11.2. The summed E-state index contributed by atoms with van der Waals surface area (Å²) < 4.78 is 10.4. The van der Waals surface area contributed by atoms with Gasteiger partial charge < -0.3 is 9.47 Å². The molecule has 1 aliphatic rings. The highest BCUT2D eigenvalue weighted by molar-refractivity contribution is 5.71. The molecule has 3 nitrogen and oxygen atoms in total. The van der Waals surface area contributed by atoms with Crippen molar-refractivity contribution in [1.82, 2.24) is 0 Å². The molecule has 0 aliphatic carbocycles. The van der Waals surface area contributed by atoms with Crippen LogP contribution in [0.4, 0.5) is 0 Å². The number of ether oxygens (including phenoxy) is 2. The van der Waals surface area contributed by atoms with Gasteiger partial charge in [-0.25, -0.2) is 0 Å². The first-order chi connectivity index (χ1) is 6.76. The van der Waals surface area contributed by atoms with Crippen LogP contribution in [0.15, 0.2) is 0 Å². The molecule has 1 fully saturated rings. The monoisotopic (exact) mass is 199 g/mol. The SMILES string of the molecule is CCOC(=O)C[C]1CCOC(CC)C1. The largest absolute Gasteiger partial charge is 0.466 e. The summed E-state index contributed by atoms with van der Waals surface area (Å²) >= 11 is 0. The van der Waals surface area contributed by atoms with Crippen molar-refractivity contribution >= 4 is 5.97 Å². The Labute approximate surface area is 85.8 Å². The van der Waals surface area contributed by atoms with Crippen LogP contribution >= 0.6 is 0 Å². The summed E-state index contributed by atoms with van der Waals surface area (Å²) in [5.41, 5.74) is 0. The zero-order chi connectivity index (χ0) is 10.4. The lowest BCUT2D eigenvalue weighted by atomic mass is 9.91. The number of hydrogen-bond donors (Lipinski definition) is 0. The van der Waals surface area contributed by atoms with E-state index < -0.39 is 0 Å². The number of hydrogen-bond acceptors (Lipinski definition) is 3. The minimum absolute atomic E-state index is 0.0979. The van der Waals surface area contributed by atoms with Crippen molar-refractivity contribution in [3.63, 3.8) is 0 Å². The fraction of sp³-hybridized carbons (Fsp3) is 0.818. The molecule has 1 heterocycles. The number of rotatable bonds is 4. The lowest BCUT2D eigenvalue weighted by Gasteiger charge is -2.27. The maximum atomic E-state index is 11.2. The Hall–Kier alpha value is -0.570. The van der Waals surface area contributed by atoms with E-state index in [4.69, 9.17) is 9.47 Å². The predicted molar refractivity (Wildman–Crippen MR) is 53.8 cm³/mol. The second-order valence-corrected chi connectivity index (χ2v) is 3.59. The molecule has 0 N–H and O–H groups in total. The smallest absolute Gasteiger partial charge is 0.306 e. The van der Waals surface area contributed by atoms with E-state index in [-0.39, 0.29) is 5.97 Å². The quantitative estimate of drug-likeness (QED) is 0.650. The van der Waals surface area contributed by atoms with E-state index in [9.17, 15) is 4.79 Å². The summed E-state index contributed by atoms with van der Waals surface area (Å²) in [5.74, 6) is 1.18. The van der Waals surface area contributed by atoms with Gasteiger partial charge in [0.15, 0.2) is 0 Å². The molecule has 0 aromatic carbocycles. The molecule has 1 radical (unpaired) electrons. The summed E-state index contributed by atoms with van der Waals surface area (Å²) in [6.07, 6.45) is 3.65. The third-order valence-corrected chi connectivity index (χ3v) is 2.48. The zero-order valence-corrected chi connectivity index (χ0v) is 9.04. The van der Waals surface area contributed by atoms with Gasteiger partial charge in [-0.2, -0.15) is 0 Å². The highest BCUT2D eigenvalue weighted by Gasteiger charge is 2.24. The summed E-state index contributed by atoms with van der Waals surface area (Å²) in [6, 6.07) is 0. The Balaban J connectivity index is 2.26. The van der Waals surface area contributed by atoms with Crippen molar-refractivity contribution in [2.45, 2.75) is 45.6 Å². The van der Waals surface area contributed by atoms with Crippen LogP contribution in [0.5, 0.6) is 0 Å². The molecule has 1 aliphatic heterocycles. The van der Waals surface area contributed by atoms with Gasteiger partial charge in [-0.3, -0.25) is 4.79 Å². The van der Waals surface area contributed by atoms with Gasteiger partial charge in [-0.05, 0) is 32.1 Å². The average Bonchev–Trinajstić information content (AvgIpc) is 2.18. The molecule has 3 heteroatoms. The van der Waals surface area contributed by atoms with Crippen molar-refractivity contribution in [2.24, 2.45) is 0 Å². The third kappa shape index (κ3) is 3.66. The fourth-order valence-electron chi connectivity index (χ4n) is 1.69. The lowest BCUT2D eigenvalue weighted by molar-refractivity contribution is -0.143. The molecular weight excluding hydrogens is 180 g/mol. The minimum Gasteiger partial charge on any atom is -0.466 e. The van der Waals surface area contributed by atoms with Crippen LogP contribution in [0.2, 0.25) is 0 Å². The molecule has 0 amide bonds. The summed E-state index contributed by atoms with van der Waals surface area (Å²) in [5, 5.41) is 0. The van der Waals surface area contributed by atoms with E-state index in [0.717, 1.165) is 25.9 Å². The number of carbonyl (C=O) groups excluding carboxylic acids is 1. The Morgan fingerprint density at radius 2 is 2.36 bits per heavy atom. The van der Waals surface area contributed by atoms with Gasteiger partial charge in [-0.1, -0.05) is 6.92 Å². The molecule has 0 spiro atoms. The summed E-state index contributed by atoms with van der Waals surface area (Å²) in [7, 11) is 0. The molecule has 0 aromatic rings.